The van der Waals surface area contributed by atoms with Gasteiger partial charge < -0.3 is 19.1 Å². The molecule has 2 aromatic heterocycles. The Hall–Kier alpha value is -3.85. The van der Waals surface area contributed by atoms with Crippen molar-refractivity contribution in [3.8, 4) is 28.4 Å². The lowest BCUT2D eigenvalue weighted by Crippen LogP contribution is -2.46. The van der Waals surface area contributed by atoms with E-state index >= 15 is 0 Å². The molecule has 1 saturated heterocycles. The molecule has 4 aromatic rings. The van der Waals surface area contributed by atoms with Gasteiger partial charge in [-0.1, -0.05) is 18.2 Å². The molecule has 2 aliphatic rings. The Morgan fingerprint density at radius 1 is 0.939 bits per heavy atom. The third kappa shape index (κ3) is 3.70. The molecular formula is C24H24N6O3. The number of fused-ring (bicyclic) bond motifs is 2. The Bertz CT molecular complexity index is 1280. The SMILES string of the molecule is COc1ccc(-c2cnc3ncnn3c2N2CCN(Cc3ccc4c(c3)OCO4)CC2)cc1. The molecule has 9 heteroatoms. The third-order valence-corrected chi connectivity index (χ3v) is 6.20. The summed E-state index contributed by atoms with van der Waals surface area (Å²) < 4.78 is 18.1. The predicted octanol–water partition coefficient (Wildman–Crippen LogP) is 2.85. The molecule has 0 amide bonds. The van der Waals surface area contributed by atoms with E-state index in [9.17, 15) is 0 Å². The van der Waals surface area contributed by atoms with Crippen LogP contribution in [-0.4, -0.2) is 64.6 Å². The lowest BCUT2D eigenvalue weighted by molar-refractivity contribution is 0.174. The van der Waals surface area contributed by atoms with Gasteiger partial charge in [-0.15, -0.1) is 0 Å². The van der Waals surface area contributed by atoms with E-state index in [-0.39, 0.29) is 0 Å². The van der Waals surface area contributed by atoms with Crippen molar-refractivity contribution in [3.05, 3.63) is 60.6 Å². The second kappa shape index (κ2) is 8.25. The van der Waals surface area contributed by atoms with E-state index in [4.69, 9.17) is 14.2 Å². The van der Waals surface area contributed by atoms with Crippen LogP contribution in [0.2, 0.25) is 0 Å². The normalized spacial score (nSPS) is 15.8. The van der Waals surface area contributed by atoms with Crippen molar-refractivity contribution < 1.29 is 14.2 Å². The number of benzene rings is 2. The van der Waals surface area contributed by atoms with Gasteiger partial charge in [0.25, 0.3) is 5.78 Å². The molecule has 9 nitrogen and oxygen atoms in total. The first-order valence-electron chi connectivity index (χ1n) is 11.0. The molecular weight excluding hydrogens is 420 g/mol. The van der Waals surface area contributed by atoms with E-state index in [1.54, 1.807) is 13.4 Å². The van der Waals surface area contributed by atoms with Crippen molar-refractivity contribution in [1.29, 1.82) is 0 Å². The van der Waals surface area contributed by atoms with Crippen LogP contribution < -0.4 is 19.1 Å². The van der Waals surface area contributed by atoms with Gasteiger partial charge >= 0.3 is 0 Å². The number of piperazine rings is 1. The Morgan fingerprint density at radius 3 is 2.58 bits per heavy atom. The molecule has 0 saturated carbocycles. The topological polar surface area (TPSA) is 77.3 Å². The summed E-state index contributed by atoms with van der Waals surface area (Å²) in [6, 6.07) is 14.2. The Labute approximate surface area is 191 Å². The molecule has 1 fully saturated rings. The first kappa shape index (κ1) is 19.8. The molecule has 2 aliphatic heterocycles. The van der Waals surface area contributed by atoms with Crippen molar-refractivity contribution in [3.63, 3.8) is 0 Å². The van der Waals surface area contributed by atoms with E-state index in [1.165, 1.54) is 5.56 Å². The van der Waals surface area contributed by atoms with E-state index in [0.717, 1.165) is 66.9 Å². The van der Waals surface area contributed by atoms with E-state index < -0.39 is 0 Å². The Balaban J connectivity index is 1.24. The smallest absolute Gasteiger partial charge is 0.254 e. The molecule has 6 rings (SSSR count). The summed E-state index contributed by atoms with van der Waals surface area (Å²) in [7, 11) is 1.67. The minimum atomic E-state index is 0.302. The van der Waals surface area contributed by atoms with Crippen LogP contribution in [0, 0.1) is 0 Å². The predicted molar refractivity (Wildman–Crippen MR) is 123 cm³/mol. The monoisotopic (exact) mass is 444 g/mol. The maximum absolute atomic E-state index is 5.53. The molecule has 33 heavy (non-hydrogen) atoms. The van der Waals surface area contributed by atoms with E-state index in [1.807, 2.05) is 28.9 Å². The van der Waals surface area contributed by atoms with Gasteiger partial charge in [-0.2, -0.15) is 14.6 Å². The highest BCUT2D eigenvalue weighted by molar-refractivity contribution is 5.77. The highest BCUT2D eigenvalue weighted by atomic mass is 16.7. The molecule has 0 spiro atoms. The number of nitrogens with zero attached hydrogens (tertiary/aromatic N) is 6. The van der Waals surface area contributed by atoms with Gasteiger partial charge in [0.15, 0.2) is 11.5 Å². The summed E-state index contributed by atoms with van der Waals surface area (Å²) in [6.45, 7) is 4.82. The van der Waals surface area contributed by atoms with Gasteiger partial charge in [0.1, 0.15) is 17.9 Å². The zero-order valence-electron chi connectivity index (χ0n) is 18.3. The average Bonchev–Trinajstić information content (AvgIpc) is 3.53. The van der Waals surface area contributed by atoms with Gasteiger partial charge in [-0.3, -0.25) is 4.90 Å². The molecule has 0 aliphatic carbocycles. The van der Waals surface area contributed by atoms with Crippen molar-refractivity contribution in [1.82, 2.24) is 24.5 Å². The summed E-state index contributed by atoms with van der Waals surface area (Å²) in [5.41, 5.74) is 3.33. The quantitative estimate of drug-likeness (QED) is 0.465. The van der Waals surface area contributed by atoms with E-state index in [2.05, 4.69) is 49.1 Å². The van der Waals surface area contributed by atoms with Gasteiger partial charge in [0.05, 0.1) is 7.11 Å². The molecule has 0 unspecified atom stereocenters. The number of aromatic nitrogens is 4. The van der Waals surface area contributed by atoms with Crippen molar-refractivity contribution in [2.75, 3.05) is 45.0 Å². The summed E-state index contributed by atoms with van der Waals surface area (Å²) >= 11 is 0. The van der Waals surface area contributed by atoms with Crippen LogP contribution in [0.1, 0.15) is 5.56 Å². The van der Waals surface area contributed by atoms with Crippen LogP contribution in [0.15, 0.2) is 55.0 Å². The van der Waals surface area contributed by atoms with Crippen LogP contribution in [0.3, 0.4) is 0 Å². The molecule has 2 aromatic carbocycles. The zero-order valence-corrected chi connectivity index (χ0v) is 18.3. The Morgan fingerprint density at radius 2 is 1.76 bits per heavy atom. The second-order valence-electron chi connectivity index (χ2n) is 8.15. The molecule has 4 heterocycles. The highest BCUT2D eigenvalue weighted by Crippen LogP contribution is 2.34. The number of ether oxygens (including phenoxy) is 3. The summed E-state index contributed by atoms with van der Waals surface area (Å²) in [6.07, 6.45) is 3.44. The van der Waals surface area contributed by atoms with E-state index in [0.29, 0.717) is 12.6 Å². The van der Waals surface area contributed by atoms with Gasteiger partial charge in [0.2, 0.25) is 6.79 Å². The summed E-state index contributed by atoms with van der Waals surface area (Å²) in [5.74, 6) is 4.10. The molecule has 168 valence electrons. The number of hydrogen-bond donors (Lipinski definition) is 0. The van der Waals surface area contributed by atoms with Gasteiger partial charge in [-0.25, -0.2) is 4.98 Å². The zero-order chi connectivity index (χ0) is 22.2. The minimum absolute atomic E-state index is 0.302. The van der Waals surface area contributed by atoms with Crippen LogP contribution in [0.25, 0.3) is 16.9 Å². The summed E-state index contributed by atoms with van der Waals surface area (Å²) in [5, 5.41) is 4.47. The average molecular weight is 444 g/mol. The Kier molecular flexibility index (Phi) is 4.95. The molecule has 0 N–H and O–H groups in total. The van der Waals surface area contributed by atoms with Crippen LogP contribution in [0.4, 0.5) is 5.82 Å². The maximum Gasteiger partial charge on any atom is 0.254 e. The minimum Gasteiger partial charge on any atom is -0.497 e. The van der Waals surface area contributed by atoms with Crippen molar-refractivity contribution in [2.24, 2.45) is 0 Å². The maximum atomic E-state index is 5.53. The number of anilines is 1. The molecule has 0 radical (unpaired) electrons. The third-order valence-electron chi connectivity index (χ3n) is 6.20. The van der Waals surface area contributed by atoms with Crippen LogP contribution in [-0.2, 0) is 6.54 Å². The lowest BCUT2D eigenvalue weighted by atomic mass is 10.1. The van der Waals surface area contributed by atoms with Gasteiger partial charge in [0, 0.05) is 44.5 Å². The number of rotatable bonds is 5. The van der Waals surface area contributed by atoms with Crippen molar-refractivity contribution in [2.45, 2.75) is 6.54 Å². The molecule has 0 bridgehead atoms. The summed E-state index contributed by atoms with van der Waals surface area (Å²) in [4.78, 5) is 13.6. The first-order chi connectivity index (χ1) is 16.3. The fourth-order valence-electron chi connectivity index (χ4n) is 4.46. The fraction of sp³-hybridized carbons (Fsp3) is 0.292. The fourth-order valence-corrected chi connectivity index (χ4v) is 4.46. The standard InChI is InChI=1S/C24H24N6O3/c1-31-19-5-3-18(4-6-19)20-13-25-24-26-15-27-30(24)23(20)29-10-8-28(9-11-29)14-17-2-7-21-22(12-17)33-16-32-21/h2-7,12-13,15H,8-11,14,16H2,1H3. The second-order valence-corrected chi connectivity index (χ2v) is 8.15. The number of methoxy groups -OCH3 is 1. The molecule has 0 atom stereocenters. The van der Waals surface area contributed by atoms with Crippen LogP contribution >= 0.6 is 0 Å². The highest BCUT2D eigenvalue weighted by Gasteiger charge is 2.24. The number of hydrogen-bond acceptors (Lipinski definition) is 8. The van der Waals surface area contributed by atoms with Gasteiger partial charge in [-0.05, 0) is 35.4 Å². The first-order valence-corrected chi connectivity index (χ1v) is 11.0. The van der Waals surface area contributed by atoms with Crippen LogP contribution in [0.5, 0.6) is 17.2 Å². The largest absolute Gasteiger partial charge is 0.497 e. The lowest BCUT2D eigenvalue weighted by Gasteiger charge is -2.36. The van der Waals surface area contributed by atoms with Crippen molar-refractivity contribution >= 4 is 11.6 Å².